The number of hydrogen-bond acceptors (Lipinski definition) is 5. The van der Waals surface area contributed by atoms with Gasteiger partial charge in [0.25, 0.3) is 5.91 Å². The zero-order valence-electron chi connectivity index (χ0n) is 12.4. The molecule has 0 saturated carbocycles. The van der Waals surface area contributed by atoms with Gasteiger partial charge >= 0.3 is 0 Å². The van der Waals surface area contributed by atoms with E-state index < -0.39 is 11.9 Å². The third-order valence-electron chi connectivity index (χ3n) is 3.51. The van der Waals surface area contributed by atoms with Crippen LogP contribution in [0.25, 0.3) is 0 Å². The lowest BCUT2D eigenvalue weighted by Crippen LogP contribution is -2.48. The van der Waals surface area contributed by atoms with E-state index in [0.717, 1.165) is 11.3 Å². The molecule has 0 aromatic carbocycles. The van der Waals surface area contributed by atoms with Crippen LogP contribution < -0.4 is 10.8 Å². The highest BCUT2D eigenvalue weighted by molar-refractivity contribution is 5.93. The largest absolute Gasteiger partial charge is 0.345 e. The van der Waals surface area contributed by atoms with Gasteiger partial charge in [-0.05, 0) is 18.6 Å². The average molecular weight is 306 g/mol. The zero-order valence-corrected chi connectivity index (χ0v) is 12.4. The van der Waals surface area contributed by atoms with E-state index in [1.54, 1.807) is 23.4 Å². The van der Waals surface area contributed by atoms with Crippen LogP contribution in [0.15, 0.2) is 12.3 Å². The van der Waals surface area contributed by atoms with Crippen LogP contribution in [0.2, 0.25) is 0 Å². The number of carbonyl (C=O) groups excluding carboxylic acids is 3. The molecule has 0 bridgehead atoms. The Morgan fingerprint density at radius 1 is 1.41 bits per heavy atom. The predicted octanol–water partition coefficient (Wildman–Crippen LogP) is -0.390. The molecule has 0 saturated heterocycles. The zero-order chi connectivity index (χ0) is 16.3. The number of fused-ring (bicyclic) bond motifs is 1. The monoisotopic (exact) mass is 306 g/mol. The summed E-state index contributed by atoms with van der Waals surface area (Å²) in [5, 5.41) is 11.2. The number of carbonyl (C=O) groups is 3. The molecule has 0 unspecified atom stereocenters. The molecule has 0 radical (unpaired) electrons. The standard InChI is InChI=1S/C14H18N4O4/c1-8(16-9(2)19)14(21)18-4-3-12-11(7-18)5-10(6-15-12)13(20)17-22/h5-6,8,22H,3-4,7H2,1-2H3,(H,16,19)(H,17,20)/t8-/m1/s1. The van der Waals surface area contributed by atoms with Gasteiger partial charge in [-0.25, -0.2) is 5.48 Å². The van der Waals surface area contributed by atoms with Crippen molar-refractivity contribution in [1.29, 1.82) is 0 Å². The minimum absolute atomic E-state index is 0.183. The van der Waals surface area contributed by atoms with E-state index in [0.29, 0.717) is 19.5 Å². The van der Waals surface area contributed by atoms with Gasteiger partial charge in [0, 0.05) is 38.3 Å². The van der Waals surface area contributed by atoms with Crippen molar-refractivity contribution >= 4 is 17.7 Å². The molecule has 2 heterocycles. The summed E-state index contributed by atoms with van der Waals surface area (Å²) in [4.78, 5) is 40.5. The number of hydrogen-bond donors (Lipinski definition) is 3. The Hall–Kier alpha value is -2.48. The molecule has 0 spiro atoms. The normalized spacial score (nSPS) is 14.8. The Kier molecular flexibility index (Phi) is 4.71. The maximum Gasteiger partial charge on any atom is 0.276 e. The van der Waals surface area contributed by atoms with Gasteiger partial charge in [-0.1, -0.05) is 0 Å². The van der Waals surface area contributed by atoms with E-state index >= 15 is 0 Å². The molecular formula is C14H18N4O4. The van der Waals surface area contributed by atoms with E-state index in [-0.39, 0.29) is 17.4 Å². The highest BCUT2D eigenvalue weighted by Gasteiger charge is 2.26. The molecule has 3 N–H and O–H groups in total. The first-order valence-electron chi connectivity index (χ1n) is 6.90. The third-order valence-corrected chi connectivity index (χ3v) is 3.51. The average Bonchev–Trinajstić information content (AvgIpc) is 2.51. The van der Waals surface area contributed by atoms with Gasteiger partial charge in [0.1, 0.15) is 6.04 Å². The Balaban J connectivity index is 2.14. The maximum absolute atomic E-state index is 12.3. The first-order valence-corrected chi connectivity index (χ1v) is 6.90. The SMILES string of the molecule is CC(=O)N[C@H](C)C(=O)N1CCc2ncc(C(=O)NO)cc2C1. The Labute approximate surface area is 127 Å². The van der Waals surface area contributed by atoms with Crippen molar-refractivity contribution in [3.05, 3.63) is 29.1 Å². The number of nitrogens with zero attached hydrogens (tertiary/aromatic N) is 2. The number of nitrogens with one attached hydrogen (secondary N) is 2. The highest BCUT2D eigenvalue weighted by Crippen LogP contribution is 2.19. The molecule has 3 amide bonds. The second-order valence-corrected chi connectivity index (χ2v) is 5.20. The Morgan fingerprint density at radius 2 is 2.14 bits per heavy atom. The molecule has 8 nitrogen and oxygen atoms in total. The Morgan fingerprint density at radius 3 is 2.77 bits per heavy atom. The van der Waals surface area contributed by atoms with Crippen LogP contribution in [0.4, 0.5) is 0 Å². The lowest BCUT2D eigenvalue weighted by atomic mass is 10.0. The summed E-state index contributed by atoms with van der Waals surface area (Å²) in [6.07, 6.45) is 1.97. The van der Waals surface area contributed by atoms with Gasteiger partial charge in [-0.3, -0.25) is 24.6 Å². The molecule has 1 atom stereocenters. The van der Waals surface area contributed by atoms with Crippen LogP contribution >= 0.6 is 0 Å². The van der Waals surface area contributed by atoms with Crippen molar-refractivity contribution in [2.75, 3.05) is 6.54 Å². The molecule has 22 heavy (non-hydrogen) atoms. The smallest absolute Gasteiger partial charge is 0.276 e. The van der Waals surface area contributed by atoms with Crippen molar-refractivity contribution in [2.45, 2.75) is 32.9 Å². The third kappa shape index (κ3) is 3.40. The molecule has 1 aliphatic heterocycles. The molecule has 1 aromatic rings. The first-order chi connectivity index (χ1) is 10.4. The van der Waals surface area contributed by atoms with Crippen molar-refractivity contribution < 1.29 is 19.6 Å². The minimum Gasteiger partial charge on any atom is -0.345 e. The Bertz CT molecular complexity index is 617. The quantitative estimate of drug-likeness (QED) is 0.520. The van der Waals surface area contributed by atoms with Gasteiger partial charge in [-0.2, -0.15) is 0 Å². The van der Waals surface area contributed by atoms with Crippen LogP contribution in [0.5, 0.6) is 0 Å². The van der Waals surface area contributed by atoms with Gasteiger partial charge in [-0.15, -0.1) is 0 Å². The summed E-state index contributed by atoms with van der Waals surface area (Å²) in [7, 11) is 0. The second kappa shape index (κ2) is 6.52. The molecule has 0 fully saturated rings. The number of aromatic nitrogens is 1. The van der Waals surface area contributed by atoms with E-state index in [1.165, 1.54) is 13.1 Å². The molecular weight excluding hydrogens is 288 g/mol. The van der Waals surface area contributed by atoms with Crippen LogP contribution in [-0.4, -0.2) is 45.4 Å². The summed E-state index contributed by atoms with van der Waals surface area (Å²) in [6, 6.07) is 1.01. The fraction of sp³-hybridized carbons (Fsp3) is 0.429. The van der Waals surface area contributed by atoms with E-state index in [4.69, 9.17) is 5.21 Å². The molecule has 0 aliphatic carbocycles. The highest BCUT2D eigenvalue weighted by atomic mass is 16.5. The summed E-state index contributed by atoms with van der Waals surface area (Å²) >= 11 is 0. The van der Waals surface area contributed by atoms with Gasteiger partial charge in [0.05, 0.1) is 5.56 Å². The van der Waals surface area contributed by atoms with E-state index in [1.807, 2.05) is 0 Å². The second-order valence-electron chi connectivity index (χ2n) is 5.20. The summed E-state index contributed by atoms with van der Waals surface area (Å²) < 4.78 is 0. The summed E-state index contributed by atoms with van der Waals surface area (Å²) in [5.41, 5.74) is 3.37. The van der Waals surface area contributed by atoms with E-state index in [9.17, 15) is 14.4 Å². The maximum atomic E-state index is 12.3. The fourth-order valence-electron chi connectivity index (χ4n) is 2.44. The lowest BCUT2D eigenvalue weighted by Gasteiger charge is -2.30. The van der Waals surface area contributed by atoms with E-state index in [2.05, 4.69) is 10.3 Å². The fourth-order valence-corrected chi connectivity index (χ4v) is 2.44. The molecule has 2 rings (SSSR count). The van der Waals surface area contributed by atoms with Crippen molar-refractivity contribution in [3.8, 4) is 0 Å². The number of hydroxylamine groups is 1. The number of pyridine rings is 1. The molecule has 1 aromatic heterocycles. The van der Waals surface area contributed by atoms with Crippen LogP contribution in [0, 0.1) is 0 Å². The first kappa shape index (κ1) is 15.9. The van der Waals surface area contributed by atoms with Gasteiger partial charge in [0.15, 0.2) is 0 Å². The van der Waals surface area contributed by atoms with Crippen LogP contribution in [0.3, 0.4) is 0 Å². The topological polar surface area (TPSA) is 112 Å². The van der Waals surface area contributed by atoms with Crippen molar-refractivity contribution in [2.24, 2.45) is 0 Å². The minimum atomic E-state index is -0.648. The van der Waals surface area contributed by atoms with Crippen molar-refractivity contribution in [1.82, 2.24) is 20.7 Å². The number of rotatable bonds is 3. The lowest BCUT2D eigenvalue weighted by molar-refractivity contribution is -0.136. The predicted molar refractivity (Wildman–Crippen MR) is 75.9 cm³/mol. The number of amides is 3. The molecule has 118 valence electrons. The molecule has 8 heteroatoms. The summed E-state index contributed by atoms with van der Waals surface area (Å²) in [6.45, 7) is 3.82. The van der Waals surface area contributed by atoms with Gasteiger partial charge < -0.3 is 10.2 Å². The van der Waals surface area contributed by atoms with Gasteiger partial charge in [0.2, 0.25) is 11.8 Å². The molecule has 1 aliphatic rings. The van der Waals surface area contributed by atoms with Crippen LogP contribution in [0.1, 0.15) is 35.5 Å². The van der Waals surface area contributed by atoms with Crippen LogP contribution in [-0.2, 0) is 22.6 Å². The van der Waals surface area contributed by atoms with Crippen molar-refractivity contribution in [3.63, 3.8) is 0 Å². The summed E-state index contributed by atoms with van der Waals surface area (Å²) in [5.74, 6) is -1.09.